The van der Waals surface area contributed by atoms with Gasteiger partial charge in [0.05, 0.1) is 26.4 Å². The van der Waals surface area contributed by atoms with Crippen LogP contribution in [0.1, 0.15) is 0 Å². The van der Waals surface area contributed by atoms with Crippen LogP contribution in [0, 0.1) is 0 Å². The van der Waals surface area contributed by atoms with E-state index in [1.165, 1.54) is 0 Å². The lowest BCUT2D eigenvalue weighted by Gasteiger charge is -2.20. The molecule has 0 aromatic carbocycles. The number of rotatable bonds is 1. The van der Waals surface area contributed by atoms with E-state index in [1.54, 1.807) is 0 Å². The van der Waals surface area contributed by atoms with E-state index in [9.17, 15) is 0 Å². The first kappa shape index (κ1) is 12.8. The minimum atomic E-state index is -0.750. The Kier molecular flexibility index (Phi) is 8.87. The van der Waals surface area contributed by atoms with Gasteiger partial charge in [-0.1, -0.05) is 34.8 Å². The zero-order chi connectivity index (χ0) is 9.40. The average molecular weight is 238 g/mol. The molecule has 0 aliphatic carbocycles. The van der Waals surface area contributed by atoms with Crippen LogP contribution in [-0.4, -0.2) is 41.9 Å². The second-order valence-corrected chi connectivity index (χ2v) is 3.98. The molecule has 1 atom stereocenters. The highest BCUT2D eigenvalue weighted by atomic mass is 35.6. The topological polar surface area (TPSA) is 38.7 Å². The van der Waals surface area contributed by atoms with Crippen LogP contribution in [0.15, 0.2) is 0 Å². The van der Waals surface area contributed by atoms with Crippen molar-refractivity contribution < 1.29 is 14.6 Å². The minimum Gasteiger partial charge on any atom is -0.394 e. The predicted octanol–water partition coefficient (Wildman–Crippen LogP) is 1.38. The van der Waals surface area contributed by atoms with E-state index in [0.717, 1.165) is 0 Å². The molecular weight excluding hydrogens is 226 g/mol. The normalized spacial score (nSPS) is 23.2. The molecule has 0 spiro atoms. The molecule has 1 N–H and O–H groups in total. The fraction of sp³-hybridized carbons (Fsp3) is 1.00. The summed E-state index contributed by atoms with van der Waals surface area (Å²) in [5, 5.41) is 8.49. The minimum absolute atomic E-state index is 0.0694. The third kappa shape index (κ3) is 8.84. The average Bonchev–Trinajstić information content (AvgIpc) is 2.05. The highest BCUT2D eigenvalue weighted by molar-refractivity contribution is 6.63. The fourth-order valence-corrected chi connectivity index (χ4v) is 0.642. The maximum Gasteiger partial charge on any atom is 0.180 e. The molecule has 1 aliphatic heterocycles. The van der Waals surface area contributed by atoms with Crippen LogP contribution in [0.3, 0.4) is 0 Å². The van der Waals surface area contributed by atoms with Crippen molar-refractivity contribution in [2.24, 2.45) is 0 Å². The van der Waals surface area contributed by atoms with Gasteiger partial charge in [-0.3, -0.25) is 0 Å². The van der Waals surface area contributed by atoms with Crippen LogP contribution in [0.25, 0.3) is 0 Å². The van der Waals surface area contributed by atoms with Crippen molar-refractivity contribution in [2.45, 2.75) is 10.4 Å². The molecule has 0 aromatic rings. The lowest BCUT2D eigenvalue weighted by molar-refractivity contribution is -0.105. The van der Waals surface area contributed by atoms with Gasteiger partial charge in [0.25, 0.3) is 0 Å². The van der Waals surface area contributed by atoms with Crippen LogP contribution in [0.4, 0.5) is 0 Å². The first-order chi connectivity index (χ1) is 5.66. The van der Waals surface area contributed by atoms with E-state index in [1.807, 2.05) is 0 Å². The van der Waals surface area contributed by atoms with E-state index >= 15 is 0 Å². The van der Waals surface area contributed by atoms with Crippen molar-refractivity contribution in [1.82, 2.24) is 0 Å². The highest BCUT2D eigenvalue weighted by Gasteiger charge is 2.11. The Hall–Kier alpha value is 0.750. The fourth-order valence-electron chi connectivity index (χ4n) is 0.642. The summed E-state index contributed by atoms with van der Waals surface area (Å²) in [7, 11) is 0. The second kappa shape index (κ2) is 8.35. The number of hydrogen-bond acceptors (Lipinski definition) is 3. The molecule has 1 rings (SSSR count). The van der Waals surface area contributed by atoms with Crippen molar-refractivity contribution in [2.75, 3.05) is 26.4 Å². The van der Waals surface area contributed by atoms with Crippen LogP contribution in [0.5, 0.6) is 0 Å². The van der Waals surface area contributed by atoms with Crippen LogP contribution < -0.4 is 0 Å². The van der Waals surface area contributed by atoms with Gasteiger partial charge >= 0.3 is 0 Å². The number of ether oxygens (including phenoxy) is 2. The van der Waals surface area contributed by atoms with E-state index in [-0.39, 0.29) is 12.7 Å². The van der Waals surface area contributed by atoms with Crippen LogP contribution in [0.2, 0.25) is 0 Å². The maximum absolute atomic E-state index is 8.49. The molecule has 3 nitrogen and oxygen atoms in total. The molecule has 74 valence electrons. The first-order valence-corrected chi connectivity index (χ1v) is 4.70. The van der Waals surface area contributed by atoms with E-state index in [0.29, 0.717) is 19.8 Å². The standard InChI is InChI=1S/C5H10O3.CHCl3/c6-3-5-4-7-1-2-8-5;2-1(3)4/h5-6H,1-4H2;1H. The summed E-state index contributed by atoms with van der Waals surface area (Å²) < 4.78 is 9.29. The van der Waals surface area contributed by atoms with Crippen molar-refractivity contribution in [3.05, 3.63) is 0 Å². The summed E-state index contributed by atoms with van der Waals surface area (Å²) in [5.41, 5.74) is 0. The van der Waals surface area contributed by atoms with Crippen molar-refractivity contribution in [3.8, 4) is 0 Å². The quantitative estimate of drug-likeness (QED) is 0.700. The zero-order valence-corrected chi connectivity index (χ0v) is 8.65. The summed E-state index contributed by atoms with van der Waals surface area (Å²) in [6, 6.07) is 0. The van der Waals surface area contributed by atoms with Gasteiger partial charge in [0.15, 0.2) is 4.30 Å². The van der Waals surface area contributed by atoms with E-state index < -0.39 is 4.30 Å². The van der Waals surface area contributed by atoms with Crippen molar-refractivity contribution in [1.29, 1.82) is 0 Å². The van der Waals surface area contributed by atoms with Gasteiger partial charge in [0.1, 0.15) is 6.10 Å². The Balaban J connectivity index is 0.000000261. The van der Waals surface area contributed by atoms with Crippen LogP contribution in [-0.2, 0) is 9.47 Å². The smallest absolute Gasteiger partial charge is 0.180 e. The maximum atomic E-state index is 8.49. The molecule has 1 unspecified atom stereocenters. The Morgan fingerprint density at radius 1 is 1.33 bits per heavy atom. The molecule has 0 radical (unpaired) electrons. The molecule has 12 heavy (non-hydrogen) atoms. The Morgan fingerprint density at radius 3 is 2.17 bits per heavy atom. The lowest BCUT2D eigenvalue weighted by Crippen LogP contribution is -2.31. The summed E-state index contributed by atoms with van der Waals surface area (Å²) in [6.45, 7) is 1.89. The predicted molar refractivity (Wildman–Crippen MR) is 49.0 cm³/mol. The molecule has 0 bridgehead atoms. The Morgan fingerprint density at radius 2 is 1.92 bits per heavy atom. The van der Waals surface area contributed by atoms with Crippen molar-refractivity contribution >= 4 is 34.8 Å². The summed E-state index contributed by atoms with van der Waals surface area (Å²) in [5.74, 6) is 0. The lowest BCUT2D eigenvalue weighted by atomic mass is 10.4. The van der Waals surface area contributed by atoms with Gasteiger partial charge in [0, 0.05) is 0 Å². The van der Waals surface area contributed by atoms with Gasteiger partial charge in [-0.05, 0) is 0 Å². The summed E-state index contributed by atoms with van der Waals surface area (Å²) in [4.78, 5) is 0. The Bertz CT molecular complexity index is 93.3. The molecular formula is C6H11Cl3O3. The summed E-state index contributed by atoms with van der Waals surface area (Å²) >= 11 is 14.4. The molecule has 1 heterocycles. The van der Waals surface area contributed by atoms with E-state index in [4.69, 9.17) is 49.4 Å². The van der Waals surface area contributed by atoms with Gasteiger partial charge < -0.3 is 14.6 Å². The number of aliphatic hydroxyl groups excluding tert-OH is 1. The highest BCUT2D eigenvalue weighted by Crippen LogP contribution is 2.03. The zero-order valence-electron chi connectivity index (χ0n) is 6.38. The third-order valence-electron chi connectivity index (χ3n) is 1.09. The van der Waals surface area contributed by atoms with Gasteiger partial charge in [-0.15, -0.1) is 0 Å². The third-order valence-corrected chi connectivity index (χ3v) is 1.09. The molecule has 1 aliphatic rings. The molecule has 1 fully saturated rings. The number of hydrogen-bond donors (Lipinski definition) is 1. The summed E-state index contributed by atoms with van der Waals surface area (Å²) in [6.07, 6.45) is -0.0799. The number of halogens is 3. The molecule has 6 heteroatoms. The first-order valence-electron chi connectivity index (χ1n) is 3.39. The number of alkyl halides is 3. The largest absolute Gasteiger partial charge is 0.394 e. The monoisotopic (exact) mass is 236 g/mol. The number of aliphatic hydroxyl groups is 1. The van der Waals surface area contributed by atoms with Gasteiger partial charge in [0.2, 0.25) is 0 Å². The van der Waals surface area contributed by atoms with Crippen LogP contribution >= 0.6 is 34.8 Å². The molecule has 0 saturated carbocycles. The van der Waals surface area contributed by atoms with Crippen molar-refractivity contribution in [3.63, 3.8) is 0 Å². The molecule has 0 amide bonds. The molecule has 1 saturated heterocycles. The van der Waals surface area contributed by atoms with Gasteiger partial charge in [-0.2, -0.15) is 0 Å². The SMILES string of the molecule is ClC(Cl)Cl.OCC1COCCO1. The van der Waals surface area contributed by atoms with E-state index in [2.05, 4.69) is 0 Å². The second-order valence-electron chi connectivity index (χ2n) is 2.00. The Labute approximate surface area is 86.5 Å². The molecule has 0 aromatic heterocycles. The van der Waals surface area contributed by atoms with Gasteiger partial charge in [-0.25, -0.2) is 0 Å².